The van der Waals surface area contributed by atoms with Crippen LogP contribution in [-0.2, 0) is 0 Å². The second-order valence-corrected chi connectivity index (χ2v) is 7.69. The summed E-state index contributed by atoms with van der Waals surface area (Å²) in [4.78, 5) is 0.506. The van der Waals surface area contributed by atoms with Crippen molar-refractivity contribution in [2.45, 2.75) is 52.8 Å². The third-order valence-electron chi connectivity index (χ3n) is 2.93. The maximum Gasteiger partial charge on any atom is 0.0368 e. The van der Waals surface area contributed by atoms with Crippen LogP contribution >= 0.6 is 15.9 Å². The molecule has 86 valence electrons. The Kier molecular flexibility index (Phi) is 3.55. The SMILES string of the molecule is CC(C)(C)C1=CC(Br)CC(C(C)(C)C)=C1. The lowest BCUT2D eigenvalue weighted by Crippen LogP contribution is -2.20. The van der Waals surface area contributed by atoms with Crippen LogP contribution in [0.2, 0.25) is 0 Å². The molecule has 0 bridgehead atoms. The molecule has 15 heavy (non-hydrogen) atoms. The van der Waals surface area contributed by atoms with Gasteiger partial charge in [0.15, 0.2) is 0 Å². The van der Waals surface area contributed by atoms with Gasteiger partial charge in [-0.05, 0) is 22.8 Å². The summed E-state index contributed by atoms with van der Waals surface area (Å²) in [5.41, 5.74) is 3.55. The number of alkyl halides is 1. The first-order valence-corrected chi connectivity index (χ1v) is 6.60. The van der Waals surface area contributed by atoms with E-state index in [2.05, 4.69) is 69.6 Å². The van der Waals surface area contributed by atoms with Crippen LogP contribution in [0.3, 0.4) is 0 Å². The third kappa shape index (κ3) is 3.48. The predicted octanol–water partition coefficient (Wildman–Crippen LogP) is 5.10. The fourth-order valence-electron chi connectivity index (χ4n) is 1.75. The van der Waals surface area contributed by atoms with Gasteiger partial charge in [-0.2, -0.15) is 0 Å². The minimum atomic E-state index is 0.253. The van der Waals surface area contributed by atoms with Gasteiger partial charge in [0.1, 0.15) is 0 Å². The van der Waals surface area contributed by atoms with E-state index in [1.54, 1.807) is 5.57 Å². The first-order chi connectivity index (χ1) is 6.60. The minimum absolute atomic E-state index is 0.253. The molecule has 0 fully saturated rings. The molecule has 1 aliphatic rings. The first kappa shape index (κ1) is 13.0. The van der Waals surface area contributed by atoms with Gasteiger partial charge in [-0.25, -0.2) is 0 Å². The number of halogens is 1. The standard InChI is InChI=1S/C14H23Br/c1-13(2,3)10-7-11(14(4,5)6)9-12(15)8-10/h7-8,12H,9H2,1-6H3. The summed E-state index contributed by atoms with van der Waals surface area (Å²) in [5.74, 6) is 0. The zero-order chi connectivity index (χ0) is 11.9. The van der Waals surface area contributed by atoms with Gasteiger partial charge < -0.3 is 0 Å². The Morgan fingerprint density at radius 3 is 2.00 bits per heavy atom. The summed E-state index contributed by atoms with van der Waals surface area (Å²) < 4.78 is 0. The fourth-order valence-corrected chi connectivity index (χ4v) is 2.38. The Morgan fingerprint density at radius 2 is 1.60 bits per heavy atom. The maximum atomic E-state index is 3.74. The van der Waals surface area contributed by atoms with Gasteiger partial charge in [0.2, 0.25) is 0 Å². The second-order valence-electron chi connectivity index (χ2n) is 6.51. The molecule has 0 aromatic heterocycles. The summed E-state index contributed by atoms with van der Waals surface area (Å²) >= 11 is 3.74. The summed E-state index contributed by atoms with van der Waals surface area (Å²) in [6.07, 6.45) is 5.90. The molecular formula is C14H23Br. The van der Waals surface area contributed by atoms with Gasteiger partial charge >= 0.3 is 0 Å². The van der Waals surface area contributed by atoms with Crippen molar-refractivity contribution < 1.29 is 0 Å². The van der Waals surface area contributed by atoms with Crippen molar-refractivity contribution in [1.82, 2.24) is 0 Å². The van der Waals surface area contributed by atoms with Crippen molar-refractivity contribution in [1.29, 1.82) is 0 Å². The average molecular weight is 271 g/mol. The Morgan fingerprint density at radius 1 is 1.07 bits per heavy atom. The van der Waals surface area contributed by atoms with Gasteiger partial charge in [0, 0.05) is 4.83 Å². The van der Waals surface area contributed by atoms with Crippen molar-refractivity contribution in [3.63, 3.8) is 0 Å². The lowest BCUT2D eigenvalue weighted by molar-refractivity contribution is 0.466. The highest BCUT2D eigenvalue weighted by Gasteiger charge is 2.26. The quantitative estimate of drug-likeness (QED) is 0.538. The number of allylic oxidation sites excluding steroid dienone is 4. The lowest BCUT2D eigenvalue weighted by Gasteiger charge is -2.32. The Labute approximate surface area is 103 Å². The summed E-state index contributed by atoms with van der Waals surface area (Å²) in [6.45, 7) is 13.7. The molecule has 1 rings (SSSR count). The van der Waals surface area contributed by atoms with E-state index >= 15 is 0 Å². The van der Waals surface area contributed by atoms with E-state index in [1.807, 2.05) is 0 Å². The summed E-state index contributed by atoms with van der Waals surface area (Å²) in [7, 11) is 0. The van der Waals surface area contributed by atoms with Crippen LogP contribution in [0.1, 0.15) is 48.0 Å². The Bertz CT molecular complexity index is 294. The number of hydrogen-bond donors (Lipinski definition) is 0. The molecule has 0 saturated carbocycles. The highest BCUT2D eigenvalue weighted by Crippen LogP contribution is 2.39. The van der Waals surface area contributed by atoms with Crippen molar-refractivity contribution in [2.24, 2.45) is 10.8 Å². The molecule has 0 heterocycles. The van der Waals surface area contributed by atoms with Crippen molar-refractivity contribution in [3.05, 3.63) is 23.3 Å². The largest absolute Gasteiger partial charge is 0.0842 e. The molecule has 0 aromatic carbocycles. The molecule has 0 amide bonds. The van der Waals surface area contributed by atoms with Crippen LogP contribution in [0.25, 0.3) is 0 Å². The molecule has 1 aliphatic carbocycles. The van der Waals surface area contributed by atoms with Gasteiger partial charge in [-0.3, -0.25) is 0 Å². The normalized spacial score (nSPS) is 23.5. The topological polar surface area (TPSA) is 0 Å². The first-order valence-electron chi connectivity index (χ1n) is 5.68. The second kappa shape index (κ2) is 4.08. The van der Waals surface area contributed by atoms with Crippen molar-refractivity contribution in [2.75, 3.05) is 0 Å². The maximum absolute atomic E-state index is 3.74. The summed E-state index contributed by atoms with van der Waals surface area (Å²) in [6, 6.07) is 0. The minimum Gasteiger partial charge on any atom is -0.0842 e. The van der Waals surface area contributed by atoms with Crippen LogP contribution in [0.5, 0.6) is 0 Å². The average Bonchev–Trinajstić information content (AvgIpc) is 1.99. The molecule has 1 unspecified atom stereocenters. The van der Waals surface area contributed by atoms with Crippen LogP contribution < -0.4 is 0 Å². The third-order valence-corrected chi connectivity index (χ3v) is 3.52. The van der Waals surface area contributed by atoms with E-state index < -0.39 is 0 Å². The van der Waals surface area contributed by atoms with Gasteiger partial charge in [0.05, 0.1) is 0 Å². The molecule has 0 spiro atoms. The molecule has 0 radical (unpaired) electrons. The van der Waals surface area contributed by atoms with Gasteiger partial charge in [0.25, 0.3) is 0 Å². The van der Waals surface area contributed by atoms with Crippen LogP contribution in [0, 0.1) is 10.8 Å². The van der Waals surface area contributed by atoms with Crippen LogP contribution in [0.4, 0.5) is 0 Å². The van der Waals surface area contributed by atoms with E-state index in [-0.39, 0.29) is 10.8 Å². The van der Waals surface area contributed by atoms with Gasteiger partial charge in [-0.15, -0.1) is 0 Å². The van der Waals surface area contributed by atoms with Crippen LogP contribution in [0.15, 0.2) is 23.3 Å². The van der Waals surface area contributed by atoms with Gasteiger partial charge in [-0.1, -0.05) is 75.2 Å². The summed E-state index contributed by atoms with van der Waals surface area (Å²) in [5, 5.41) is 0. The monoisotopic (exact) mass is 270 g/mol. The molecule has 1 heteroatoms. The lowest BCUT2D eigenvalue weighted by atomic mass is 9.75. The predicted molar refractivity (Wildman–Crippen MR) is 72.4 cm³/mol. The number of hydrogen-bond acceptors (Lipinski definition) is 0. The molecular weight excluding hydrogens is 248 g/mol. The zero-order valence-electron chi connectivity index (χ0n) is 10.8. The Hall–Kier alpha value is -0.0400. The van der Waals surface area contributed by atoms with E-state index in [1.165, 1.54) is 5.57 Å². The van der Waals surface area contributed by atoms with Crippen molar-refractivity contribution >= 4 is 15.9 Å². The highest BCUT2D eigenvalue weighted by atomic mass is 79.9. The van der Waals surface area contributed by atoms with Crippen LogP contribution in [-0.4, -0.2) is 4.83 Å². The zero-order valence-corrected chi connectivity index (χ0v) is 12.4. The Balaban J connectivity index is 3.06. The molecule has 1 atom stereocenters. The smallest absolute Gasteiger partial charge is 0.0368 e. The number of rotatable bonds is 0. The van der Waals surface area contributed by atoms with E-state index in [0.717, 1.165) is 6.42 Å². The molecule has 0 saturated heterocycles. The molecule has 0 nitrogen and oxygen atoms in total. The van der Waals surface area contributed by atoms with E-state index in [9.17, 15) is 0 Å². The molecule has 0 aliphatic heterocycles. The fraction of sp³-hybridized carbons (Fsp3) is 0.714. The highest BCUT2D eigenvalue weighted by molar-refractivity contribution is 9.09. The van der Waals surface area contributed by atoms with E-state index in [4.69, 9.17) is 0 Å². The molecule has 0 N–H and O–H groups in total. The van der Waals surface area contributed by atoms with Crippen molar-refractivity contribution in [3.8, 4) is 0 Å². The molecule has 0 aromatic rings. The van der Waals surface area contributed by atoms with E-state index in [0.29, 0.717) is 4.83 Å².